The van der Waals surface area contributed by atoms with Gasteiger partial charge in [-0.05, 0) is 12.5 Å². The fourth-order valence-corrected chi connectivity index (χ4v) is 2.98. The zero-order chi connectivity index (χ0) is 18.2. The molecule has 0 saturated carbocycles. The maximum atomic E-state index is 10.8. The maximum Gasteiger partial charge on any atom is 0.469 e. The van der Waals surface area contributed by atoms with Crippen LogP contribution in [-0.4, -0.2) is 59.9 Å². The molecule has 1 fully saturated rings. The molecule has 4 N–H and O–H groups in total. The number of phosphoric ester groups is 1. The van der Waals surface area contributed by atoms with Gasteiger partial charge in [-0.1, -0.05) is 29.5 Å². The molecule has 136 valence electrons. The van der Waals surface area contributed by atoms with Gasteiger partial charge in [-0.3, -0.25) is 4.52 Å². The van der Waals surface area contributed by atoms with Crippen LogP contribution in [0.4, 0.5) is 0 Å². The summed E-state index contributed by atoms with van der Waals surface area (Å²) in [6.45, 7) is 1.35. The summed E-state index contributed by atoms with van der Waals surface area (Å²) < 4.78 is 21.8. The minimum absolute atomic E-state index is 0.568. The van der Waals surface area contributed by atoms with Gasteiger partial charge in [0.2, 0.25) is 0 Å². The Labute approximate surface area is 142 Å². The van der Waals surface area contributed by atoms with Gasteiger partial charge in [-0.25, -0.2) is 9.25 Å². The van der Waals surface area contributed by atoms with E-state index in [9.17, 15) is 14.8 Å². The third-order valence-electron chi connectivity index (χ3n) is 3.94. The predicted octanol–water partition coefficient (Wildman–Crippen LogP) is -0.0180. The van der Waals surface area contributed by atoms with Crippen molar-refractivity contribution < 1.29 is 33.8 Å². The first-order valence-electron chi connectivity index (χ1n) is 7.46. The number of rotatable bonds is 5. The third-order valence-corrected chi connectivity index (χ3v) is 4.42. The smallest absolute Gasteiger partial charge is 0.387 e. The number of aryl methyl sites for hydroxylation is 1. The first-order chi connectivity index (χ1) is 11.8. The molecule has 1 aliphatic rings. The van der Waals surface area contributed by atoms with E-state index in [1.54, 1.807) is 6.20 Å². The van der Waals surface area contributed by atoms with Crippen LogP contribution in [0.1, 0.15) is 11.8 Å². The lowest BCUT2D eigenvalue weighted by Crippen LogP contribution is -2.33. The van der Waals surface area contributed by atoms with Crippen molar-refractivity contribution in [2.24, 2.45) is 0 Å². The van der Waals surface area contributed by atoms with E-state index in [1.807, 2.05) is 31.2 Å². The van der Waals surface area contributed by atoms with Crippen LogP contribution in [0, 0.1) is 6.92 Å². The minimum Gasteiger partial charge on any atom is -0.387 e. The largest absolute Gasteiger partial charge is 0.469 e. The Morgan fingerprint density at radius 1 is 1.28 bits per heavy atom. The molecule has 0 bridgehead atoms. The molecule has 11 heteroatoms. The van der Waals surface area contributed by atoms with Gasteiger partial charge in [0.15, 0.2) is 6.23 Å². The molecule has 1 aliphatic heterocycles. The molecule has 1 aromatic carbocycles. The van der Waals surface area contributed by atoms with E-state index in [4.69, 9.17) is 14.5 Å². The monoisotopic (exact) mass is 371 g/mol. The standard InChI is InChI=1S/C14H18N3O7P/c1-8-4-2-3-5-9(8)10-6-17(16-15-10)14-13(19)12(18)11(24-14)7-23-25(20,21)22/h2-6,11-14,18-19H,7H2,1H3,(H2,20,21,22)/t11-,12-,13-,14-/m1/s1. The van der Waals surface area contributed by atoms with E-state index in [2.05, 4.69) is 14.8 Å². The van der Waals surface area contributed by atoms with Crippen LogP contribution in [0.25, 0.3) is 11.3 Å². The number of aliphatic hydroxyl groups is 2. The van der Waals surface area contributed by atoms with Crippen LogP contribution in [0.2, 0.25) is 0 Å². The quantitative estimate of drug-likeness (QED) is 0.532. The van der Waals surface area contributed by atoms with Crippen LogP contribution < -0.4 is 0 Å². The van der Waals surface area contributed by atoms with Crippen molar-refractivity contribution in [2.75, 3.05) is 6.61 Å². The van der Waals surface area contributed by atoms with Crippen LogP contribution in [0.15, 0.2) is 30.5 Å². The van der Waals surface area contributed by atoms with Gasteiger partial charge in [0.05, 0.1) is 12.8 Å². The highest BCUT2D eigenvalue weighted by Crippen LogP contribution is 2.38. The summed E-state index contributed by atoms with van der Waals surface area (Å²) in [6, 6.07) is 7.56. The van der Waals surface area contributed by atoms with Crippen LogP contribution in [0.3, 0.4) is 0 Å². The normalized spacial score (nSPS) is 26.9. The molecule has 2 heterocycles. The van der Waals surface area contributed by atoms with Crippen molar-refractivity contribution in [3.05, 3.63) is 36.0 Å². The Hall–Kier alpha value is -1.65. The molecule has 0 spiro atoms. The fraction of sp³-hybridized carbons (Fsp3) is 0.429. The molecular weight excluding hydrogens is 353 g/mol. The molecule has 4 atom stereocenters. The number of ether oxygens (including phenoxy) is 1. The second-order valence-corrected chi connectivity index (χ2v) is 6.97. The Balaban J connectivity index is 1.76. The number of hydrogen-bond acceptors (Lipinski definition) is 7. The summed E-state index contributed by atoms with van der Waals surface area (Å²) in [6.07, 6.45) is -3.33. The molecule has 0 aliphatic carbocycles. The SMILES string of the molecule is Cc1ccccc1-c1cn([C@@H]2O[C@H](COP(=O)(O)O)[C@@H](O)[C@H]2O)nn1. The van der Waals surface area contributed by atoms with Crippen molar-refractivity contribution in [3.8, 4) is 11.3 Å². The minimum atomic E-state index is -4.71. The third kappa shape index (κ3) is 3.96. The van der Waals surface area contributed by atoms with E-state index in [1.165, 1.54) is 4.68 Å². The van der Waals surface area contributed by atoms with Gasteiger partial charge in [0.25, 0.3) is 0 Å². The molecule has 10 nitrogen and oxygen atoms in total. The lowest BCUT2D eigenvalue weighted by atomic mass is 10.1. The zero-order valence-corrected chi connectivity index (χ0v) is 14.1. The van der Waals surface area contributed by atoms with Gasteiger partial charge in [-0.2, -0.15) is 0 Å². The fourth-order valence-electron chi connectivity index (χ4n) is 2.64. The van der Waals surface area contributed by atoms with Gasteiger partial charge in [0, 0.05) is 5.56 Å². The number of aliphatic hydroxyl groups excluding tert-OH is 2. The first-order valence-corrected chi connectivity index (χ1v) is 8.99. The Morgan fingerprint density at radius 3 is 2.68 bits per heavy atom. The Bertz CT molecular complexity index is 792. The summed E-state index contributed by atoms with van der Waals surface area (Å²) in [5.74, 6) is 0. The lowest BCUT2D eigenvalue weighted by Gasteiger charge is -2.14. The highest BCUT2D eigenvalue weighted by Gasteiger charge is 2.45. The summed E-state index contributed by atoms with van der Waals surface area (Å²) in [5, 5.41) is 28.1. The molecule has 1 saturated heterocycles. The van der Waals surface area contributed by atoms with Crippen molar-refractivity contribution in [1.82, 2.24) is 15.0 Å². The molecule has 25 heavy (non-hydrogen) atoms. The van der Waals surface area contributed by atoms with Crippen molar-refractivity contribution in [1.29, 1.82) is 0 Å². The second-order valence-electron chi connectivity index (χ2n) is 5.73. The summed E-state index contributed by atoms with van der Waals surface area (Å²) in [4.78, 5) is 17.5. The summed E-state index contributed by atoms with van der Waals surface area (Å²) >= 11 is 0. The zero-order valence-electron chi connectivity index (χ0n) is 13.2. The topological polar surface area (TPSA) is 147 Å². The average molecular weight is 371 g/mol. The molecule has 0 amide bonds. The predicted molar refractivity (Wildman–Crippen MR) is 84.1 cm³/mol. The summed E-state index contributed by atoms with van der Waals surface area (Å²) in [7, 11) is -4.71. The highest BCUT2D eigenvalue weighted by atomic mass is 31.2. The van der Waals surface area contributed by atoms with Crippen molar-refractivity contribution in [2.45, 2.75) is 31.5 Å². The molecule has 1 aromatic heterocycles. The first kappa shape index (κ1) is 18.2. The lowest BCUT2D eigenvalue weighted by molar-refractivity contribution is -0.0586. The van der Waals surface area contributed by atoms with Gasteiger partial charge >= 0.3 is 7.82 Å². The highest BCUT2D eigenvalue weighted by molar-refractivity contribution is 7.46. The van der Waals surface area contributed by atoms with Crippen LogP contribution in [0.5, 0.6) is 0 Å². The van der Waals surface area contributed by atoms with Crippen LogP contribution >= 0.6 is 7.82 Å². The molecule has 0 radical (unpaired) electrons. The van der Waals surface area contributed by atoms with Crippen molar-refractivity contribution in [3.63, 3.8) is 0 Å². The van der Waals surface area contributed by atoms with Crippen LogP contribution in [-0.2, 0) is 13.8 Å². The molecule has 3 rings (SSSR count). The maximum absolute atomic E-state index is 10.8. The van der Waals surface area contributed by atoms with E-state index < -0.39 is 39.0 Å². The number of phosphoric acid groups is 1. The van der Waals surface area contributed by atoms with E-state index in [0.29, 0.717) is 5.69 Å². The van der Waals surface area contributed by atoms with E-state index in [-0.39, 0.29) is 0 Å². The van der Waals surface area contributed by atoms with Gasteiger partial charge in [-0.15, -0.1) is 5.10 Å². The van der Waals surface area contributed by atoms with E-state index in [0.717, 1.165) is 11.1 Å². The number of aromatic nitrogens is 3. The number of hydrogen-bond donors (Lipinski definition) is 4. The van der Waals surface area contributed by atoms with Gasteiger partial charge < -0.3 is 24.7 Å². The Morgan fingerprint density at radius 2 is 2.00 bits per heavy atom. The van der Waals surface area contributed by atoms with E-state index >= 15 is 0 Å². The average Bonchev–Trinajstić information content (AvgIpc) is 3.12. The molecule has 0 unspecified atom stereocenters. The van der Waals surface area contributed by atoms with Crippen molar-refractivity contribution >= 4 is 7.82 Å². The second kappa shape index (κ2) is 6.93. The number of nitrogens with zero attached hydrogens (tertiary/aromatic N) is 3. The molecule has 2 aromatic rings. The molecular formula is C14H18N3O7P. The Kier molecular flexibility index (Phi) is 5.03. The van der Waals surface area contributed by atoms with Gasteiger partial charge in [0.1, 0.15) is 24.0 Å². The summed E-state index contributed by atoms with van der Waals surface area (Å²) in [5.41, 5.74) is 2.43. The number of benzene rings is 1.